The molecule has 1 aliphatic heterocycles. The highest BCUT2D eigenvalue weighted by molar-refractivity contribution is 6.30. The summed E-state index contributed by atoms with van der Waals surface area (Å²) in [5.41, 5.74) is 3.14. The molecule has 8 nitrogen and oxygen atoms in total. The van der Waals surface area contributed by atoms with Crippen LogP contribution in [0, 0.1) is 0 Å². The predicted molar refractivity (Wildman–Crippen MR) is 109 cm³/mol. The molecule has 1 atom stereocenters. The molecule has 0 saturated carbocycles. The number of nitrogens with zero attached hydrogens (tertiary/aromatic N) is 2. The third kappa shape index (κ3) is 3.50. The molecular formula is C20H17ClN4O4. The Labute approximate surface area is 170 Å². The van der Waals surface area contributed by atoms with Crippen molar-refractivity contribution in [2.24, 2.45) is 5.10 Å². The third-order valence-corrected chi connectivity index (χ3v) is 4.98. The molecule has 2 aromatic carbocycles. The van der Waals surface area contributed by atoms with Gasteiger partial charge in [0, 0.05) is 11.4 Å². The van der Waals surface area contributed by atoms with Crippen molar-refractivity contribution in [3.05, 3.63) is 85.5 Å². The number of nitrogens with one attached hydrogen (secondary N) is 2. The van der Waals surface area contributed by atoms with Gasteiger partial charge in [-0.15, -0.1) is 0 Å². The van der Waals surface area contributed by atoms with Gasteiger partial charge in [-0.1, -0.05) is 23.7 Å². The van der Waals surface area contributed by atoms with Gasteiger partial charge in [0.15, 0.2) is 0 Å². The maximum Gasteiger partial charge on any atom is 0.335 e. The van der Waals surface area contributed by atoms with Crippen molar-refractivity contribution in [1.82, 2.24) is 15.0 Å². The zero-order chi connectivity index (χ0) is 20.5. The molecule has 0 radical (unpaired) electrons. The number of benzene rings is 2. The summed E-state index contributed by atoms with van der Waals surface area (Å²) in [6, 6.07) is 13.6. The number of hydrogen-bond donors (Lipinski definition) is 3. The van der Waals surface area contributed by atoms with Crippen LogP contribution in [0.1, 0.15) is 23.6 Å². The van der Waals surface area contributed by atoms with E-state index in [1.54, 1.807) is 31.4 Å². The third-order valence-electron chi connectivity index (χ3n) is 4.73. The minimum absolute atomic E-state index is 0.0527. The first kappa shape index (κ1) is 18.8. The fraction of sp³-hybridized carbons (Fsp3) is 0.150. The second kappa shape index (κ2) is 7.48. The van der Waals surface area contributed by atoms with Crippen LogP contribution in [0.4, 0.5) is 0 Å². The number of ether oxygens (including phenoxy) is 1. The lowest BCUT2D eigenvalue weighted by Gasteiger charge is -2.12. The average Bonchev–Trinajstić information content (AvgIpc) is 3.19. The number of hydrogen-bond acceptors (Lipinski definition) is 6. The Morgan fingerprint density at radius 1 is 1.14 bits per heavy atom. The Morgan fingerprint density at radius 3 is 2.48 bits per heavy atom. The van der Waals surface area contributed by atoms with Crippen LogP contribution in [0.5, 0.6) is 11.6 Å². The van der Waals surface area contributed by atoms with Crippen LogP contribution in [-0.4, -0.2) is 27.5 Å². The van der Waals surface area contributed by atoms with E-state index in [0.29, 0.717) is 22.8 Å². The van der Waals surface area contributed by atoms with Crippen LogP contribution in [0.2, 0.25) is 5.02 Å². The van der Waals surface area contributed by atoms with Crippen molar-refractivity contribution in [3.8, 4) is 17.3 Å². The summed E-state index contributed by atoms with van der Waals surface area (Å²) in [5.74, 6) is 0.258. The standard InChI is InChI=1S/C20H17ClN4O4/c1-29-14-8-2-11(3-9-14)15-10-16(24-23-15)17-18(26)22-20(28)25(19(17)27)13-6-4-12(21)5-7-13/h2-9,15,23,27H,10H2,1H3,(H,22,26,28)/t15-/m1/s1. The monoisotopic (exact) mass is 412 g/mol. The van der Waals surface area contributed by atoms with E-state index in [2.05, 4.69) is 15.5 Å². The molecule has 0 saturated heterocycles. The highest BCUT2D eigenvalue weighted by atomic mass is 35.5. The Balaban J connectivity index is 1.70. The highest BCUT2D eigenvalue weighted by Crippen LogP contribution is 2.28. The van der Waals surface area contributed by atoms with Crippen LogP contribution >= 0.6 is 11.6 Å². The summed E-state index contributed by atoms with van der Waals surface area (Å²) in [6.07, 6.45) is 0.363. The SMILES string of the molecule is COc1ccc([C@H]2CC(c3c(O)n(-c4ccc(Cl)cc4)c(=O)[nH]c3=O)=NN2)cc1. The van der Waals surface area contributed by atoms with E-state index in [1.165, 1.54) is 0 Å². The van der Waals surface area contributed by atoms with E-state index in [-0.39, 0.29) is 11.6 Å². The smallest absolute Gasteiger partial charge is 0.335 e. The van der Waals surface area contributed by atoms with Gasteiger partial charge in [-0.3, -0.25) is 9.78 Å². The lowest BCUT2D eigenvalue weighted by molar-refractivity contribution is 0.414. The molecule has 29 heavy (non-hydrogen) atoms. The number of aromatic nitrogens is 2. The number of hydrazone groups is 1. The van der Waals surface area contributed by atoms with Gasteiger partial charge >= 0.3 is 5.69 Å². The van der Waals surface area contributed by atoms with Crippen molar-refractivity contribution < 1.29 is 9.84 Å². The molecule has 4 rings (SSSR count). The van der Waals surface area contributed by atoms with Crippen LogP contribution in [0.15, 0.2) is 63.2 Å². The van der Waals surface area contributed by atoms with E-state index < -0.39 is 17.1 Å². The van der Waals surface area contributed by atoms with Gasteiger partial charge in [-0.05, 0) is 42.0 Å². The molecule has 3 N–H and O–H groups in total. The zero-order valence-electron chi connectivity index (χ0n) is 15.3. The number of aromatic amines is 1. The van der Waals surface area contributed by atoms with Gasteiger partial charge in [0.1, 0.15) is 11.3 Å². The second-order valence-electron chi connectivity index (χ2n) is 6.49. The van der Waals surface area contributed by atoms with Crippen LogP contribution in [0.3, 0.4) is 0 Å². The second-order valence-corrected chi connectivity index (χ2v) is 6.92. The predicted octanol–water partition coefficient (Wildman–Crippen LogP) is 2.33. The van der Waals surface area contributed by atoms with Crippen molar-refractivity contribution >= 4 is 17.3 Å². The molecule has 0 bridgehead atoms. The first-order valence-electron chi connectivity index (χ1n) is 8.78. The van der Waals surface area contributed by atoms with E-state index in [0.717, 1.165) is 15.9 Å². The maximum absolute atomic E-state index is 12.4. The maximum atomic E-state index is 12.4. The summed E-state index contributed by atoms with van der Waals surface area (Å²) in [4.78, 5) is 27.0. The normalized spacial score (nSPS) is 15.7. The van der Waals surface area contributed by atoms with Crippen molar-refractivity contribution in [2.45, 2.75) is 12.5 Å². The zero-order valence-corrected chi connectivity index (χ0v) is 16.1. The number of halogens is 1. The van der Waals surface area contributed by atoms with Crippen LogP contribution in [-0.2, 0) is 0 Å². The molecule has 148 valence electrons. The topological polar surface area (TPSA) is 109 Å². The fourth-order valence-corrected chi connectivity index (χ4v) is 3.37. The highest BCUT2D eigenvalue weighted by Gasteiger charge is 2.27. The Kier molecular flexibility index (Phi) is 4.85. The lowest BCUT2D eigenvalue weighted by Crippen LogP contribution is -2.33. The summed E-state index contributed by atoms with van der Waals surface area (Å²) < 4.78 is 6.17. The molecule has 3 aromatic rings. The summed E-state index contributed by atoms with van der Waals surface area (Å²) in [6.45, 7) is 0. The first-order chi connectivity index (χ1) is 14.0. The minimum Gasteiger partial charge on any atom is -0.497 e. The Morgan fingerprint density at radius 2 is 1.83 bits per heavy atom. The largest absolute Gasteiger partial charge is 0.497 e. The van der Waals surface area contributed by atoms with Crippen LogP contribution < -0.4 is 21.4 Å². The minimum atomic E-state index is -0.753. The summed E-state index contributed by atoms with van der Waals surface area (Å²) >= 11 is 5.89. The van der Waals surface area contributed by atoms with Crippen molar-refractivity contribution in [2.75, 3.05) is 7.11 Å². The molecule has 0 spiro atoms. The van der Waals surface area contributed by atoms with Gasteiger partial charge in [0.05, 0.1) is 24.6 Å². The van der Waals surface area contributed by atoms with E-state index >= 15 is 0 Å². The Hall–Kier alpha value is -3.52. The van der Waals surface area contributed by atoms with Gasteiger partial charge in [-0.2, -0.15) is 5.10 Å². The van der Waals surface area contributed by atoms with Gasteiger partial charge < -0.3 is 15.3 Å². The quantitative estimate of drug-likeness (QED) is 0.609. The number of H-pyrrole nitrogens is 1. The first-order valence-corrected chi connectivity index (χ1v) is 9.16. The molecule has 1 aromatic heterocycles. The number of methoxy groups -OCH3 is 1. The van der Waals surface area contributed by atoms with Crippen molar-refractivity contribution in [3.63, 3.8) is 0 Å². The van der Waals surface area contributed by atoms with Crippen LogP contribution in [0.25, 0.3) is 5.69 Å². The van der Waals surface area contributed by atoms with Gasteiger partial charge in [-0.25, -0.2) is 9.36 Å². The van der Waals surface area contributed by atoms with Gasteiger partial charge in [0.2, 0.25) is 5.88 Å². The van der Waals surface area contributed by atoms with Gasteiger partial charge in [0.25, 0.3) is 5.56 Å². The Bertz CT molecular complexity index is 1200. The number of aromatic hydroxyl groups is 1. The molecule has 9 heteroatoms. The molecular weight excluding hydrogens is 396 g/mol. The van der Waals surface area contributed by atoms with E-state index in [4.69, 9.17) is 16.3 Å². The lowest BCUT2D eigenvalue weighted by atomic mass is 10.00. The van der Waals surface area contributed by atoms with E-state index in [1.807, 2.05) is 24.3 Å². The molecule has 0 aliphatic carbocycles. The molecule has 1 aliphatic rings. The summed E-state index contributed by atoms with van der Waals surface area (Å²) in [5, 5.41) is 15.5. The number of rotatable bonds is 4. The summed E-state index contributed by atoms with van der Waals surface area (Å²) in [7, 11) is 1.59. The molecule has 0 amide bonds. The van der Waals surface area contributed by atoms with E-state index in [9.17, 15) is 14.7 Å². The molecule has 0 unspecified atom stereocenters. The van der Waals surface area contributed by atoms with Crippen molar-refractivity contribution in [1.29, 1.82) is 0 Å². The molecule has 0 fully saturated rings. The molecule has 2 heterocycles. The fourth-order valence-electron chi connectivity index (χ4n) is 3.24. The average molecular weight is 413 g/mol.